The van der Waals surface area contributed by atoms with E-state index < -0.39 is 6.10 Å². The lowest BCUT2D eigenvalue weighted by Crippen LogP contribution is -2.30. The minimum atomic E-state index is -0.587. The summed E-state index contributed by atoms with van der Waals surface area (Å²) in [7, 11) is 0. The number of ether oxygens (including phenoxy) is 1. The van der Waals surface area contributed by atoms with Gasteiger partial charge in [-0.05, 0) is 66.3 Å². The lowest BCUT2D eigenvalue weighted by Gasteiger charge is -2.18. The van der Waals surface area contributed by atoms with Crippen LogP contribution in [0.1, 0.15) is 43.4 Å². The number of hydrogen-bond acceptors (Lipinski definition) is 3. The topological polar surface area (TPSA) is 51.2 Å². The van der Waals surface area contributed by atoms with Gasteiger partial charge < -0.3 is 10.1 Å². The van der Waals surface area contributed by atoms with Gasteiger partial charge in [0.1, 0.15) is 5.75 Å². The van der Waals surface area contributed by atoms with E-state index in [1.165, 1.54) is 11.1 Å². The second kappa shape index (κ2) is 9.18. The van der Waals surface area contributed by atoms with Crippen LogP contribution in [0, 0.1) is 0 Å². The van der Waals surface area contributed by atoms with Crippen LogP contribution in [0.25, 0.3) is 0 Å². The molecule has 144 valence electrons. The molecule has 0 aliphatic heterocycles. The second-order valence-electron chi connectivity index (χ2n) is 7.17. The number of anilines is 1. The van der Waals surface area contributed by atoms with Crippen molar-refractivity contribution in [2.24, 2.45) is 0 Å². The molecule has 28 heavy (non-hydrogen) atoms. The third kappa shape index (κ3) is 5.19. The summed E-state index contributed by atoms with van der Waals surface area (Å²) >= 11 is 0. The van der Waals surface area contributed by atoms with Crippen molar-refractivity contribution in [3.05, 3.63) is 89.7 Å². The number of carbonyl (C=O) groups excluding carboxylic acids is 1. The smallest absolute Gasteiger partial charge is 0.265 e. The fourth-order valence-electron chi connectivity index (χ4n) is 2.99. The standard InChI is InChI=1S/C24H26N2O2/c1-17(2)22-6-4-5-7-23(22)28-18(3)24(27)26-21-10-8-19(9-11-21)16-20-12-14-25-15-13-20/h4-15,17-18H,16H2,1-3H3,(H,26,27). The van der Waals surface area contributed by atoms with Crippen molar-refractivity contribution in [3.8, 4) is 5.75 Å². The Bertz CT molecular complexity index is 905. The Hall–Kier alpha value is -3.14. The number of para-hydroxylation sites is 1. The van der Waals surface area contributed by atoms with E-state index in [-0.39, 0.29) is 5.91 Å². The molecule has 0 bridgehead atoms. The number of amides is 1. The van der Waals surface area contributed by atoms with Crippen molar-refractivity contribution in [1.29, 1.82) is 0 Å². The maximum atomic E-state index is 12.5. The second-order valence-corrected chi connectivity index (χ2v) is 7.17. The van der Waals surface area contributed by atoms with Crippen molar-refractivity contribution >= 4 is 11.6 Å². The lowest BCUT2D eigenvalue weighted by atomic mass is 10.0. The average molecular weight is 374 g/mol. The number of nitrogens with zero attached hydrogens (tertiary/aromatic N) is 1. The van der Waals surface area contributed by atoms with Crippen LogP contribution < -0.4 is 10.1 Å². The molecule has 1 unspecified atom stereocenters. The van der Waals surface area contributed by atoms with Gasteiger partial charge in [-0.3, -0.25) is 9.78 Å². The Balaban J connectivity index is 1.60. The molecule has 1 amide bonds. The zero-order chi connectivity index (χ0) is 19.9. The molecule has 0 radical (unpaired) electrons. The monoisotopic (exact) mass is 374 g/mol. The Morgan fingerprint density at radius 3 is 2.25 bits per heavy atom. The number of carbonyl (C=O) groups is 1. The van der Waals surface area contributed by atoms with Gasteiger partial charge >= 0.3 is 0 Å². The highest BCUT2D eigenvalue weighted by Crippen LogP contribution is 2.27. The molecule has 4 heteroatoms. The van der Waals surface area contributed by atoms with Crippen LogP contribution in [0.4, 0.5) is 5.69 Å². The quantitative estimate of drug-likeness (QED) is 0.618. The number of pyridine rings is 1. The van der Waals surface area contributed by atoms with Crippen LogP contribution in [0.15, 0.2) is 73.1 Å². The van der Waals surface area contributed by atoms with Gasteiger partial charge in [0.05, 0.1) is 0 Å². The van der Waals surface area contributed by atoms with Gasteiger partial charge in [0.25, 0.3) is 5.91 Å². The zero-order valence-corrected chi connectivity index (χ0v) is 16.6. The first-order chi connectivity index (χ1) is 13.5. The molecular formula is C24H26N2O2. The molecule has 1 aromatic heterocycles. The fourth-order valence-corrected chi connectivity index (χ4v) is 2.99. The minimum Gasteiger partial charge on any atom is -0.481 e. The van der Waals surface area contributed by atoms with Crippen molar-refractivity contribution in [1.82, 2.24) is 4.98 Å². The Kier molecular flexibility index (Phi) is 6.43. The minimum absolute atomic E-state index is 0.166. The van der Waals surface area contributed by atoms with Gasteiger partial charge in [-0.25, -0.2) is 0 Å². The first-order valence-corrected chi connectivity index (χ1v) is 9.57. The molecule has 1 heterocycles. The predicted molar refractivity (Wildman–Crippen MR) is 113 cm³/mol. The van der Waals surface area contributed by atoms with Crippen LogP contribution >= 0.6 is 0 Å². The van der Waals surface area contributed by atoms with E-state index in [0.29, 0.717) is 5.92 Å². The Morgan fingerprint density at radius 1 is 0.929 bits per heavy atom. The van der Waals surface area contributed by atoms with Crippen LogP contribution in [-0.2, 0) is 11.2 Å². The zero-order valence-electron chi connectivity index (χ0n) is 16.6. The molecule has 3 aromatic rings. The van der Waals surface area contributed by atoms with Gasteiger partial charge in [0.15, 0.2) is 6.10 Å². The van der Waals surface area contributed by atoms with E-state index >= 15 is 0 Å². The highest BCUT2D eigenvalue weighted by atomic mass is 16.5. The molecule has 3 rings (SSSR count). The Labute approximate surface area is 166 Å². The van der Waals surface area contributed by atoms with Gasteiger partial charge in [-0.2, -0.15) is 0 Å². The summed E-state index contributed by atoms with van der Waals surface area (Å²) in [5, 5.41) is 2.93. The number of rotatable bonds is 7. The van der Waals surface area contributed by atoms with Crippen LogP contribution in [-0.4, -0.2) is 17.0 Å². The molecule has 0 spiro atoms. The molecule has 2 aromatic carbocycles. The van der Waals surface area contributed by atoms with Crippen LogP contribution in [0.2, 0.25) is 0 Å². The van der Waals surface area contributed by atoms with E-state index in [2.05, 4.69) is 24.1 Å². The van der Waals surface area contributed by atoms with E-state index in [1.54, 1.807) is 19.3 Å². The number of hydrogen-bond donors (Lipinski definition) is 1. The molecule has 0 saturated heterocycles. The van der Waals surface area contributed by atoms with Crippen molar-refractivity contribution in [2.75, 3.05) is 5.32 Å². The third-order valence-electron chi connectivity index (χ3n) is 4.59. The molecule has 0 aliphatic rings. The SMILES string of the molecule is CC(Oc1ccccc1C(C)C)C(=O)Nc1ccc(Cc2ccncc2)cc1. The molecular weight excluding hydrogens is 348 g/mol. The summed E-state index contributed by atoms with van der Waals surface area (Å²) in [6.45, 7) is 5.99. The van der Waals surface area contributed by atoms with Gasteiger partial charge in [0.2, 0.25) is 0 Å². The van der Waals surface area contributed by atoms with E-state index in [0.717, 1.165) is 23.4 Å². The summed E-state index contributed by atoms with van der Waals surface area (Å²) in [6.07, 6.45) is 3.84. The van der Waals surface area contributed by atoms with Gasteiger partial charge in [-0.15, -0.1) is 0 Å². The maximum Gasteiger partial charge on any atom is 0.265 e. The number of nitrogens with one attached hydrogen (secondary N) is 1. The van der Waals surface area contributed by atoms with Gasteiger partial charge in [-0.1, -0.05) is 44.2 Å². The lowest BCUT2D eigenvalue weighted by molar-refractivity contribution is -0.122. The molecule has 0 saturated carbocycles. The highest BCUT2D eigenvalue weighted by molar-refractivity contribution is 5.94. The average Bonchev–Trinajstić information content (AvgIpc) is 2.70. The van der Waals surface area contributed by atoms with Crippen LogP contribution in [0.3, 0.4) is 0 Å². The summed E-state index contributed by atoms with van der Waals surface area (Å²) in [4.78, 5) is 16.6. The van der Waals surface area contributed by atoms with Crippen LogP contribution in [0.5, 0.6) is 5.75 Å². The fraction of sp³-hybridized carbons (Fsp3) is 0.250. The number of aromatic nitrogens is 1. The van der Waals surface area contributed by atoms with E-state index in [9.17, 15) is 4.79 Å². The summed E-state index contributed by atoms with van der Waals surface area (Å²) < 4.78 is 5.93. The van der Waals surface area contributed by atoms with Crippen molar-refractivity contribution < 1.29 is 9.53 Å². The molecule has 0 fully saturated rings. The first kappa shape index (κ1) is 19.6. The molecule has 0 aliphatic carbocycles. The van der Waals surface area contributed by atoms with Gasteiger partial charge in [0, 0.05) is 18.1 Å². The molecule has 4 nitrogen and oxygen atoms in total. The van der Waals surface area contributed by atoms with Crippen molar-refractivity contribution in [2.45, 2.75) is 39.2 Å². The van der Waals surface area contributed by atoms with Crippen molar-refractivity contribution in [3.63, 3.8) is 0 Å². The Morgan fingerprint density at radius 2 is 1.57 bits per heavy atom. The summed E-state index contributed by atoms with van der Waals surface area (Å²) in [6, 6.07) is 19.7. The largest absolute Gasteiger partial charge is 0.481 e. The maximum absolute atomic E-state index is 12.5. The third-order valence-corrected chi connectivity index (χ3v) is 4.59. The summed E-state index contributed by atoms with van der Waals surface area (Å²) in [5.74, 6) is 0.924. The number of benzene rings is 2. The van der Waals surface area contributed by atoms with E-state index in [4.69, 9.17) is 4.74 Å². The predicted octanol–water partition coefficient (Wildman–Crippen LogP) is 5.20. The normalized spacial score (nSPS) is 11.9. The first-order valence-electron chi connectivity index (χ1n) is 9.57. The molecule has 1 atom stereocenters. The molecule has 1 N–H and O–H groups in total. The summed E-state index contributed by atoms with van der Waals surface area (Å²) in [5.41, 5.74) is 4.25. The highest BCUT2D eigenvalue weighted by Gasteiger charge is 2.17. The van der Waals surface area contributed by atoms with E-state index in [1.807, 2.05) is 60.7 Å².